The lowest BCUT2D eigenvalue weighted by atomic mass is 9.90. The van der Waals surface area contributed by atoms with Crippen LogP contribution in [0.1, 0.15) is 27.5 Å². The number of benzene rings is 4. The highest BCUT2D eigenvalue weighted by molar-refractivity contribution is 6.07. The number of rotatable bonds is 7. The molecule has 8 nitrogen and oxygen atoms in total. The molecule has 2 aliphatic heterocycles. The van der Waals surface area contributed by atoms with E-state index in [0.717, 1.165) is 5.56 Å². The van der Waals surface area contributed by atoms with Gasteiger partial charge in [0.15, 0.2) is 17.6 Å². The van der Waals surface area contributed by atoms with Crippen molar-refractivity contribution < 1.29 is 33.1 Å². The summed E-state index contributed by atoms with van der Waals surface area (Å²) in [5.74, 6) is -2.31. The van der Waals surface area contributed by atoms with Crippen LogP contribution in [0.5, 0.6) is 11.5 Å². The van der Waals surface area contributed by atoms with E-state index in [0.29, 0.717) is 11.3 Å². The minimum absolute atomic E-state index is 0.145. The number of nitrogens with zero attached hydrogens (tertiary/aromatic N) is 2. The van der Waals surface area contributed by atoms with Crippen molar-refractivity contribution in [3.05, 3.63) is 126 Å². The predicted molar refractivity (Wildman–Crippen MR) is 146 cm³/mol. The maximum absolute atomic E-state index is 13.8. The van der Waals surface area contributed by atoms with Gasteiger partial charge in [0.25, 0.3) is 5.91 Å². The topological polar surface area (TPSA) is 85.4 Å². The summed E-state index contributed by atoms with van der Waals surface area (Å²) in [7, 11) is 1.43. The number of para-hydroxylation sites is 1. The predicted octanol–water partition coefficient (Wildman–Crippen LogP) is 5.10. The number of hydrogen-bond acceptors (Lipinski definition) is 7. The summed E-state index contributed by atoms with van der Waals surface area (Å²) in [6, 6.07) is 27.8. The van der Waals surface area contributed by atoms with Crippen molar-refractivity contribution in [1.82, 2.24) is 4.90 Å². The molecule has 0 spiro atoms. The van der Waals surface area contributed by atoms with E-state index in [4.69, 9.17) is 14.3 Å². The SMILES string of the molecule is COc1cc([C@@H]2[C@@H]3C(=O)N(Cc4ccccc4)C(=O)[C@H]3ON2c2ccccc2)ccc1OC(=O)c1ccc(F)cc1. The lowest BCUT2D eigenvalue weighted by molar-refractivity contribution is -0.143. The van der Waals surface area contributed by atoms with Crippen molar-refractivity contribution in [2.24, 2.45) is 5.92 Å². The van der Waals surface area contributed by atoms with Gasteiger partial charge in [0, 0.05) is 0 Å². The molecule has 2 saturated heterocycles. The third-order valence-electron chi connectivity index (χ3n) is 7.21. The molecule has 6 rings (SSSR count). The zero-order valence-corrected chi connectivity index (χ0v) is 22.0. The summed E-state index contributed by atoms with van der Waals surface area (Å²) < 4.78 is 24.4. The number of hydroxylamine groups is 1. The molecule has 0 bridgehead atoms. The van der Waals surface area contributed by atoms with Gasteiger partial charge in [-0.3, -0.25) is 19.3 Å². The summed E-state index contributed by atoms with van der Waals surface area (Å²) >= 11 is 0. The molecular formula is C32H25FN2O6. The Morgan fingerprint density at radius 3 is 2.22 bits per heavy atom. The van der Waals surface area contributed by atoms with Crippen LogP contribution >= 0.6 is 0 Å². The summed E-state index contributed by atoms with van der Waals surface area (Å²) in [6.07, 6.45) is -1.00. The van der Waals surface area contributed by atoms with E-state index in [9.17, 15) is 18.8 Å². The van der Waals surface area contributed by atoms with Gasteiger partial charge in [0.1, 0.15) is 11.7 Å². The molecule has 0 saturated carbocycles. The molecule has 206 valence electrons. The number of anilines is 1. The molecule has 0 aliphatic carbocycles. The Kier molecular flexibility index (Phi) is 6.94. The second kappa shape index (κ2) is 10.9. The lowest BCUT2D eigenvalue weighted by Crippen LogP contribution is -2.36. The van der Waals surface area contributed by atoms with Gasteiger partial charge in [0.05, 0.1) is 30.9 Å². The third kappa shape index (κ3) is 4.92. The van der Waals surface area contributed by atoms with Crippen molar-refractivity contribution in [3.8, 4) is 11.5 Å². The fraction of sp³-hybridized carbons (Fsp3) is 0.156. The van der Waals surface area contributed by atoms with E-state index in [-0.39, 0.29) is 29.5 Å². The van der Waals surface area contributed by atoms with Gasteiger partial charge in [-0.2, -0.15) is 0 Å². The highest BCUT2D eigenvalue weighted by Crippen LogP contribution is 2.48. The standard InChI is InChI=1S/C32H25FN2O6/c1-39-26-18-22(14-17-25(26)40-32(38)21-12-15-23(33)16-13-21)28-27-29(41-35(28)24-10-6-3-7-11-24)31(37)34(30(27)36)19-20-8-4-2-5-9-20/h2-18,27-29H,19H2,1H3/t27-,28+,29-/m0/s1. The number of amides is 2. The maximum atomic E-state index is 13.8. The number of carbonyl (C=O) groups is 3. The first-order valence-corrected chi connectivity index (χ1v) is 13.0. The van der Waals surface area contributed by atoms with E-state index >= 15 is 0 Å². The molecule has 2 heterocycles. The summed E-state index contributed by atoms with van der Waals surface area (Å²) in [6.45, 7) is 0.147. The van der Waals surface area contributed by atoms with Gasteiger partial charge >= 0.3 is 5.97 Å². The van der Waals surface area contributed by atoms with Crippen molar-refractivity contribution in [2.75, 3.05) is 12.2 Å². The Hall–Kier alpha value is -5.02. The highest BCUT2D eigenvalue weighted by atomic mass is 19.1. The maximum Gasteiger partial charge on any atom is 0.343 e. The van der Waals surface area contributed by atoms with Gasteiger partial charge in [-0.15, -0.1) is 0 Å². The van der Waals surface area contributed by atoms with Crippen LogP contribution < -0.4 is 14.5 Å². The zero-order chi connectivity index (χ0) is 28.5. The number of methoxy groups -OCH3 is 1. The van der Waals surface area contributed by atoms with Crippen LogP contribution in [0.3, 0.4) is 0 Å². The van der Waals surface area contributed by atoms with Crippen molar-refractivity contribution in [3.63, 3.8) is 0 Å². The number of imide groups is 1. The molecule has 0 radical (unpaired) electrons. The average Bonchev–Trinajstić information content (AvgIpc) is 3.50. The first kappa shape index (κ1) is 26.2. The molecule has 4 aromatic rings. The molecule has 3 atom stereocenters. The Morgan fingerprint density at radius 2 is 1.54 bits per heavy atom. The monoisotopic (exact) mass is 552 g/mol. The van der Waals surface area contributed by atoms with Crippen LogP contribution in [0.4, 0.5) is 10.1 Å². The number of ether oxygens (including phenoxy) is 2. The molecule has 0 unspecified atom stereocenters. The van der Waals surface area contributed by atoms with Crippen LogP contribution in [0.15, 0.2) is 103 Å². The largest absolute Gasteiger partial charge is 0.493 e. The minimum Gasteiger partial charge on any atom is -0.493 e. The van der Waals surface area contributed by atoms with Crippen LogP contribution in [0, 0.1) is 11.7 Å². The third-order valence-corrected chi connectivity index (χ3v) is 7.21. The van der Waals surface area contributed by atoms with Gasteiger partial charge in [-0.1, -0.05) is 54.6 Å². The second-order valence-corrected chi connectivity index (χ2v) is 9.71. The molecule has 2 aliphatic rings. The van der Waals surface area contributed by atoms with Crippen molar-refractivity contribution in [1.29, 1.82) is 0 Å². The van der Waals surface area contributed by atoms with E-state index in [1.54, 1.807) is 23.3 Å². The normalized spacial score (nSPS) is 19.8. The number of likely N-dealkylation sites (tertiary alicyclic amines) is 1. The quantitative estimate of drug-likeness (QED) is 0.179. The molecule has 0 aromatic heterocycles. The molecule has 4 aromatic carbocycles. The van der Waals surface area contributed by atoms with E-state index in [2.05, 4.69) is 0 Å². The fourth-order valence-electron chi connectivity index (χ4n) is 5.23. The summed E-state index contributed by atoms with van der Waals surface area (Å²) in [4.78, 5) is 47.3. The van der Waals surface area contributed by atoms with Crippen LogP contribution in [-0.4, -0.2) is 35.9 Å². The van der Waals surface area contributed by atoms with Crippen molar-refractivity contribution >= 4 is 23.5 Å². The van der Waals surface area contributed by atoms with E-state index < -0.39 is 35.8 Å². The molecular weight excluding hydrogens is 527 g/mol. The molecule has 9 heteroatoms. The Labute approximate surface area is 235 Å². The average molecular weight is 553 g/mol. The smallest absolute Gasteiger partial charge is 0.343 e. The van der Waals surface area contributed by atoms with Crippen LogP contribution in [-0.2, 0) is 21.0 Å². The second-order valence-electron chi connectivity index (χ2n) is 9.71. The number of halogens is 1. The number of fused-ring (bicyclic) bond motifs is 1. The van der Waals surface area contributed by atoms with Crippen molar-refractivity contribution in [2.45, 2.75) is 18.7 Å². The van der Waals surface area contributed by atoms with Gasteiger partial charge < -0.3 is 9.47 Å². The van der Waals surface area contributed by atoms with Gasteiger partial charge in [-0.25, -0.2) is 14.2 Å². The molecule has 2 amide bonds. The molecule has 2 fully saturated rings. The van der Waals surface area contributed by atoms with Gasteiger partial charge in [-0.05, 0) is 59.7 Å². The Bertz CT molecular complexity index is 1600. The van der Waals surface area contributed by atoms with Crippen LogP contribution in [0.2, 0.25) is 0 Å². The minimum atomic E-state index is -1.00. The number of hydrogen-bond donors (Lipinski definition) is 0. The fourth-order valence-corrected chi connectivity index (χ4v) is 5.23. The Balaban J connectivity index is 1.34. The van der Waals surface area contributed by atoms with Gasteiger partial charge in [0.2, 0.25) is 5.91 Å². The first-order chi connectivity index (χ1) is 19.9. The summed E-state index contributed by atoms with van der Waals surface area (Å²) in [5.41, 5.74) is 2.31. The summed E-state index contributed by atoms with van der Waals surface area (Å²) in [5, 5.41) is 1.59. The van der Waals surface area contributed by atoms with Crippen LogP contribution in [0.25, 0.3) is 0 Å². The number of carbonyl (C=O) groups excluding carboxylic acids is 3. The Morgan fingerprint density at radius 1 is 0.854 bits per heavy atom. The zero-order valence-electron chi connectivity index (χ0n) is 22.0. The van der Waals surface area contributed by atoms with E-state index in [1.807, 2.05) is 60.7 Å². The van der Waals surface area contributed by atoms with E-state index in [1.165, 1.54) is 36.3 Å². The lowest BCUT2D eigenvalue weighted by Gasteiger charge is -2.29. The number of esters is 1. The molecule has 0 N–H and O–H groups in total. The first-order valence-electron chi connectivity index (χ1n) is 13.0. The highest BCUT2D eigenvalue weighted by Gasteiger charge is 2.59. The molecule has 41 heavy (non-hydrogen) atoms.